The van der Waals surface area contributed by atoms with Gasteiger partial charge in [-0.25, -0.2) is 8.78 Å². The van der Waals surface area contributed by atoms with E-state index in [0.717, 1.165) is 11.1 Å². The summed E-state index contributed by atoms with van der Waals surface area (Å²) < 4.78 is 35.2. The van der Waals surface area contributed by atoms with Crippen LogP contribution >= 0.6 is 11.6 Å². The van der Waals surface area contributed by atoms with E-state index in [0.29, 0.717) is 46.1 Å². The average Bonchev–Trinajstić information content (AvgIpc) is 3.31. The number of fused-ring (bicyclic) bond motifs is 3. The van der Waals surface area contributed by atoms with Gasteiger partial charge in [-0.05, 0) is 49.2 Å². The van der Waals surface area contributed by atoms with E-state index in [1.54, 1.807) is 29.8 Å². The number of nitrogens with zero attached hydrogens (tertiary/aromatic N) is 2. The fourth-order valence-electron chi connectivity index (χ4n) is 4.06. The van der Waals surface area contributed by atoms with Crippen molar-refractivity contribution in [1.29, 1.82) is 0 Å². The Kier molecular flexibility index (Phi) is 5.06. The minimum absolute atomic E-state index is 0.166. The first-order chi connectivity index (χ1) is 15.4. The molecule has 0 saturated carbocycles. The molecular formula is C24H18ClF2N3O2. The number of halogens is 3. The largest absolute Gasteiger partial charge is 0.455 e. The van der Waals surface area contributed by atoms with Crippen molar-refractivity contribution in [1.82, 2.24) is 9.78 Å². The van der Waals surface area contributed by atoms with Gasteiger partial charge in [0.05, 0.1) is 12.2 Å². The third kappa shape index (κ3) is 3.58. The van der Waals surface area contributed by atoms with E-state index < -0.39 is 11.7 Å². The van der Waals surface area contributed by atoms with Crippen LogP contribution in [-0.4, -0.2) is 15.7 Å². The molecule has 162 valence electrons. The first kappa shape index (κ1) is 20.5. The maximum atomic E-state index is 14.2. The van der Waals surface area contributed by atoms with Crippen LogP contribution in [0.2, 0.25) is 5.02 Å². The minimum Gasteiger partial charge on any atom is -0.455 e. The Bertz CT molecular complexity index is 1340. The number of rotatable bonds is 4. The van der Waals surface area contributed by atoms with Crippen LogP contribution in [0.15, 0.2) is 53.1 Å². The van der Waals surface area contributed by atoms with Crippen molar-refractivity contribution >= 4 is 23.2 Å². The summed E-state index contributed by atoms with van der Waals surface area (Å²) in [6, 6.07) is 10.2. The summed E-state index contributed by atoms with van der Waals surface area (Å²) in [4.78, 5) is 12.8. The molecule has 0 unspecified atom stereocenters. The lowest BCUT2D eigenvalue weighted by Gasteiger charge is -2.09. The number of hydrogen-bond acceptors (Lipinski definition) is 3. The number of aryl methyl sites for hydroxylation is 2. The molecule has 2 aromatic carbocycles. The van der Waals surface area contributed by atoms with Crippen LogP contribution in [0.25, 0.3) is 11.3 Å². The Balaban J connectivity index is 1.46. The van der Waals surface area contributed by atoms with E-state index in [-0.39, 0.29) is 18.1 Å². The van der Waals surface area contributed by atoms with Gasteiger partial charge >= 0.3 is 0 Å². The Morgan fingerprint density at radius 2 is 2.03 bits per heavy atom. The van der Waals surface area contributed by atoms with Crippen LogP contribution in [0.5, 0.6) is 0 Å². The van der Waals surface area contributed by atoms with E-state index in [2.05, 4.69) is 10.4 Å². The second kappa shape index (κ2) is 7.91. The molecule has 0 bridgehead atoms. The highest BCUT2D eigenvalue weighted by atomic mass is 35.5. The van der Waals surface area contributed by atoms with Gasteiger partial charge < -0.3 is 9.73 Å². The maximum absolute atomic E-state index is 14.2. The van der Waals surface area contributed by atoms with Crippen molar-refractivity contribution in [3.8, 4) is 11.3 Å². The van der Waals surface area contributed by atoms with Crippen molar-refractivity contribution in [2.45, 2.75) is 26.3 Å². The summed E-state index contributed by atoms with van der Waals surface area (Å²) in [5.74, 6) is -0.445. The minimum atomic E-state index is -0.457. The van der Waals surface area contributed by atoms with E-state index in [9.17, 15) is 13.6 Å². The fraction of sp³-hybridized carbons (Fsp3) is 0.167. The zero-order valence-electron chi connectivity index (χ0n) is 17.1. The van der Waals surface area contributed by atoms with Gasteiger partial charge in [-0.2, -0.15) is 5.10 Å². The van der Waals surface area contributed by atoms with Crippen LogP contribution in [0.4, 0.5) is 14.5 Å². The average molecular weight is 454 g/mol. The number of benzene rings is 2. The molecule has 0 spiro atoms. The van der Waals surface area contributed by atoms with Gasteiger partial charge in [0.25, 0.3) is 5.91 Å². The van der Waals surface area contributed by atoms with Gasteiger partial charge in [0.2, 0.25) is 0 Å². The van der Waals surface area contributed by atoms with Gasteiger partial charge in [-0.1, -0.05) is 23.7 Å². The summed E-state index contributed by atoms with van der Waals surface area (Å²) in [7, 11) is 0. The highest BCUT2D eigenvalue weighted by molar-refractivity contribution is 6.31. The van der Waals surface area contributed by atoms with Crippen LogP contribution in [-0.2, 0) is 19.4 Å². The van der Waals surface area contributed by atoms with E-state index in [1.807, 2.05) is 6.20 Å². The Morgan fingerprint density at radius 1 is 1.22 bits per heavy atom. The normalized spacial score (nSPS) is 12.4. The molecule has 32 heavy (non-hydrogen) atoms. The third-order valence-corrected chi connectivity index (χ3v) is 5.94. The molecule has 1 N–H and O–H groups in total. The topological polar surface area (TPSA) is 60.1 Å². The maximum Gasteiger partial charge on any atom is 0.291 e. The molecule has 1 aliphatic rings. The van der Waals surface area contributed by atoms with Crippen molar-refractivity contribution in [2.75, 3.05) is 5.32 Å². The van der Waals surface area contributed by atoms with Gasteiger partial charge in [0, 0.05) is 40.0 Å². The number of carbonyl (C=O) groups is 1. The van der Waals surface area contributed by atoms with Crippen molar-refractivity contribution < 1.29 is 18.0 Å². The predicted molar refractivity (Wildman–Crippen MR) is 117 cm³/mol. The summed E-state index contributed by atoms with van der Waals surface area (Å²) in [6.07, 6.45) is 3.17. The Morgan fingerprint density at radius 3 is 2.81 bits per heavy atom. The zero-order chi connectivity index (χ0) is 22.4. The predicted octanol–water partition coefficient (Wildman–Crippen LogP) is 5.78. The smallest absolute Gasteiger partial charge is 0.291 e. The Hall–Kier alpha value is -3.45. The second-order valence-corrected chi connectivity index (χ2v) is 8.13. The zero-order valence-corrected chi connectivity index (χ0v) is 17.8. The highest BCUT2D eigenvalue weighted by Crippen LogP contribution is 2.38. The molecule has 1 amide bonds. The van der Waals surface area contributed by atoms with Gasteiger partial charge in [-0.3, -0.25) is 9.48 Å². The molecule has 2 heterocycles. The van der Waals surface area contributed by atoms with Gasteiger partial charge in [0.1, 0.15) is 17.4 Å². The molecule has 0 saturated heterocycles. The highest BCUT2D eigenvalue weighted by Gasteiger charge is 2.30. The summed E-state index contributed by atoms with van der Waals surface area (Å²) >= 11 is 6.16. The number of anilines is 1. The molecule has 1 aliphatic carbocycles. The first-order valence-corrected chi connectivity index (χ1v) is 10.5. The summed E-state index contributed by atoms with van der Waals surface area (Å²) in [5.41, 5.74) is 3.84. The third-order valence-electron chi connectivity index (χ3n) is 5.59. The molecule has 4 aromatic rings. The van der Waals surface area contributed by atoms with Crippen LogP contribution < -0.4 is 5.32 Å². The van der Waals surface area contributed by atoms with Crippen LogP contribution in [0.3, 0.4) is 0 Å². The lowest BCUT2D eigenvalue weighted by Crippen LogP contribution is -2.12. The number of furan rings is 1. The molecule has 0 aliphatic heterocycles. The SMILES string of the molecule is Cc1c(C(=O)Nc2cccc(F)c2)oc2c1-c1nn(Cc3c(F)cccc3Cl)cc1CC2. The molecule has 2 aromatic heterocycles. The first-order valence-electron chi connectivity index (χ1n) is 10.1. The number of nitrogens with one attached hydrogen (secondary N) is 1. The van der Waals surface area contributed by atoms with Crippen LogP contribution in [0, 0.1) is 18.6 Å². The summed E-state index contributed by atoms with van der Waals surface area (Å²) in [6.45, 7) is 1.99. The lowest BCUT2D eigenvalue weighted by atomic mass is 9.93. The number of hydrogen-bond donors (Lipinski definition) is 1. The van der Waals surface area contributed by atoms with E-state index >= 15 is 0 Å². The van der Waals surface area contributed by atoms with Gasteiger partial charge in [-0.15, -0.1) is 0 Å². The lowest BCUT2D eigenvalue weighted by molar-refractivity contribution is 0.0994. The molecule has 8 heteroatoms. The fourth-order valence-corrected chi connectivity index (χ4v) is 4.28. The van der Waals surface area contributed by atoms with Gasteiger partial charge in [0.15, 0.2) is 5.76 Å². The number of aromatic nitrogens is 2. The molecule has 0 radical (unpaired) electrons. The molecule has 5 nitrogen and oxygen atoms in total. The quantitative estimate of drug-likeness (QED) is 0.426. The second-order valence-electron chi connectivity index (χ2n) is 7.72. The van der Waals surface area contributed by atoms with Crippen molar-refractivity contribution in [2.24, 2.45) is 0 Å². The number of amides is 1. The molecule has 5 rings (SSSR count). The summed E-state index contributed by atoms with van der Waals surface area (Å²) in [5, 5.41) is 7.66. The standard InChI is InChI=1S/C24H18ClF2N3O2/c1-13-21-20(32-23(13)24(31)28-16-5-2-4-15(26)10-16)9-8-14-11-30(29-22(14)21)12-17-18(25)6-3-7-19(17)27/h2-7,10-11H,8-9,12H2,1H3,(H,28,31). The van der Waals surface area contributed by atoms with Crippen molar-refractivity contribution in [3.63, 3.8) is 0 Å². The number of carbonyl (C=O) groups excluding carboxylic acids is 1. The monoisotopic (exact) mass is 453 g/mol. The molecular weight excluding hydrogens is 436 g/mol. The molecule has 0 atom stereocenters. The van der Waals surface area contributed by atoms with Crippen LogP contribution in [0.1, 0.15) is 33.0 Å². The molecule has 0 fully saturated rings. The van der Waals surface area contributed by atoms with E-state index in [1.165, 1.54) is 24.3 Å². The van der Waals surface area contributed by atoms with E-state index in [4.69, 9.17) is 16.0 Å². The Labute approximate surface area is 187 Å². The van der Waals surface area contributed by atoms with Crippen molar-refractivity contribution in [3.05, 3.63) is 93.5 Å².